The summed E-state index contributed by atoms with van der Waals surface area (Å²) in [5, 5.41) is 8.90. The van der Waals surface area contributed by atoms with Crippen molar-refractivity contribution in [2.75, 3.05) is 0 Å². The van der Waals surface area contributed by atoms with E-state index in [-0.39, 0.29) is 36.2 Å². The van der Waals surface area contributed by atoms with Gasteiger partial charge < -0.3 is 9.84 Å². The molecular formula is C15H12F2N4O2S. The maximum Gasteiger partial charge on any atom is 0.263 e. The molecule has 0 saturated heterocycles. The van der Waals surface area contributed by atoms with Crippen molar-refractivity contribution in [3.63, 3.8) is 0 Å². The molecule has 9 heteroatoms. The molecule has 3 rings (SSSR count). The number of halogens is 2. The summed E-state index contributed by atoms with van der Waals surface area (Å²) in [7, 11) is 0. The Kier molecular flexibility index (Phi) is 4.61. The summed E-state index contributed by atoms with van der Waals surface area (Å²) in [5.74, 6) is -2.01. The number of thiazole rings is 1. The first-order chi connectivity index (χ1) is 11.5. The molecule has 0 bridgehead atoms. The summed E-state index contributed by atoms with van der Waals surface area (Å²) in [6, 6.07) is 3.44. The molecule has 124 valence electrons. The summed E-state index contributed by atoms with van der Waals surface area (Å²) in [4.78, 5) is 19.9. The van der Waals surface area contributed by atoms with Crippen molar-refractivity contribution in [1.82, 2.24) is 20.4 Å². The van der Waals surface area contributed by atoms with Crippen molar-refractivity contribution in [1.29, 1.82) is 0 Å². The number of rotatable bonds is 5. The van der Waals surface area contributed by atoms with Gasteiger partial charge in [-0.1, -0.05) is 11.2 Å². The highest BCUT2D eigenvalue weighted by Crippen LogP contribution is 2.24. The number of carbonyl (C=O) groups excluding carboxylic acids is 1. The Morgan fingerprint density at radius 1 is 1.29 bits per heavy atom. The van der Waals surface area contributed by atoms with Crippen LogP contribution in [0.2, 0.25) is 0 Å². The van der Waals surface area contributed by atoms with Crippen LogP contribution in [0.4, 0.5) is 8.78 Å². The largest absolute Gasteiger partial charge is 0.348 e. The fourth-order valence-corrected chi connectivity index (χ4v) is 2.64. The predicted molar refractivity (Wildman–Crippen MR) is 82.1 cm³/mol. The number of benzene rings is 1. The second kappa shape index (κ2) is 6.83. The third-order valence-corrected chi connectivity index (χ3v) is 3.92. The van der Waals surface area contributed by atoms with Crippen molar-refractivity contribution in [3.8, 4) is 11.5 Å². The summed E-state index contributed by atoms with van der Waals surface area (Å²) in [6.07, 6.45) is 0.136. The van der Waals surface area contributed by atoms with E-state index in [1.54, 1.807) is 0 Å². The minimum Gasteiger partial charge on any atom is -0.348 e. The van der Waals surface area contributed by atoms with E-state index in [2.05, 4.69) is 20.4 Å². The Morgan fingerprint density at radius 3 is 2.71 bits per heavy atom. The van der Waals surface area contributed by atoms with Gasteiger partial charge in [0.05, 0.1) is 23.7 Å². The molecule has 24 heavy (non-hydrogen) atoms. The number of aromatic nitrogens is 3. The maximum absolute atomic E-state index is 13.7. The van der Waals surface area contributed by atoms with E-state index >= 15 is 0 Å². The van der Waals surface area contributed by atoms with Crippen LogP contribution in [0, 0.1) is 18.6 Å². The van der Waals surface area contributed by atoms with E-state index in [1.165, 1.54) is 17.4 Å². The molecule has 0 atom stereocenters. The molecule has 2 aromatic heterocycles. The molecule has 0 aliphatic heterocycles. The lowest BCUT2D eigenvalue weighted by atomic mass is 10.2. The third-order valence-electron chi connectivity index (χ3n) is 3.10. The van der Waals surface area contributed by atoms with Crippen LogP contribution in [0.15, 0.2) is 28.1 Å². The van der Waals surface area contributed by atoms with Gasteiger partial charge in [0.1, 0.15) is 17.2 Å². The molecule has 3 aromatic rings. The molecule has 0 aliphatic carbocycles. The summed E-state index contributed by atoms with van der Waals surface area (Å²) >= 11 is 1.46. The van der Waals surface area contributed by atoms with Crippen molar-refractivity contribution in [3.05, 3.63) is 51.7 Å². The second-order valence-corrected chi connectivity index (χ2v) is 5.99. The zero-order valence-electron chi connectivity index (χ0n) is 12.5. The summed E-state index contributed by atoms with van der Waals surface area (Å²) in [6.45, 7) is 1.84. The summed E-state index contributed by atoms with van der Waals surface area (Å²) < 4.78 is 32.2. The van der Waals surface area contributed by atoms with Crippen LogP contribution >= 0.6 is 11.3 Å². The molecule has 0 radical (unpaired) electrons. The maximum atomic E-state index is 13.7. The van der Waals surface area contributed by atoms with Gasteiger partial charge in [-0.3, -0.25) is 4.79 Å². The highest BCUT2D eigenvalue weighted by Gasteiger charge is 2.18. The molecule has 1 N–H and O–H groups in total. The first kappa shape index (κ1) is 16.2. The minimum absolute atomic E-state index is 0.0124. The van der Waals surface area contributed by atoms with E-state index < -0.39 is 11.6 Å². The quantitative estimate of drug-likeness (QED) is 0.765. The molecule has 2 heterocycles. The monoisotopic (exact) mass is 350 g/mol. The van der Waals surface area contributed by atoms with Gasteiger partial charge in [-0.15, -0.1) is 11.3 Å². The predicted octanol–water partition coefficient (Wildman–Crippen LogP) is 2.64. The Hall–Kier alpha value is -2.68. The van der Waals surface area contributed by atoms with Crippen molar-refractivity contribution < 1.29 is 18.1 Å². The molecule has 0 saturated carbocycles. The lowest BCUT2D eigenvalue weighted by Gasteiger charge is -2.00. The van der Waals surface area contributed by atoms with Crippen molar-refractivity contribution >= 4 is 17.2 Å². The van der Waals surface area contributed by atoms with Crippen LogP contribution in [-0.4, -0.2) is 21.0 Å². The van der Waals surface area contributed by atoms with Crippen LogP contribution in [0.25, 0.3) is 11.5 Å². The Labute approximate surface area is 139 Å². The number of hydrogen-bond acceptors (Lipinski definition) is 6. The van der Waals surface area contributed by atoms with Crippen molar-refractivity contribution in [2.45, 2.75) is 19.9 Å². The van der Waals surface area contributed by atoms with Crippen LogP contribution in [0.1, 0.15) is 16.5 Å². The first-order valence-electron chi connectivity index (χ1n) is 6.97. The minimum atomic E-state index is -0.798. The van der Waals surface area contributed by atoms with E-state index in [0.717, 1.165) is 17.1 Å². The van der Waals surface area contributed by atoms with Gasteiger partial charge in [0.25, 0.3) is 5.89 Å². The van der Waals surface area contributed by atoms with E-state index in [4.69, 9.17) is 4.52 Å². The third kappa shape index (κ3) is 3.62. The lowest BCUT2D eigenvalue weighted by Crippen LogP contribution is -2.25. The van der Waals surface area contributed by atoms with Crippen LogP contribution in [0.5, 0.6) is 0 Å². The topological polar surface area (TPSA) is 80.9 Å². The number of aryl methyl sites for hydroxylation is 1. The van der Waals surface area contributed by atoms with Gasteiger partial charge >= 0.3 is 0 Å². The van der Waals surface area contributed by atoms with Gasteiger partial charge in [0.15, 0.2) is 5.82 Å². The van der Waals surface area contributed by atoms with E-state index in [1.807, 2.05) is 12.3 Å². The number of hydrogen-bond donors (Lipinski definition) is 1. The Morgan fingerprint density at radius 2 is 2.04 bits per heavy atom. The van der Waals surface area contributed by atoms with E-state index in [0.29, 0.717) is 5.69 Å². The fraction of sp³-hybridized carbons (Fsp3) is 0.200. The SMILES string of the molecule is Cc1nc(CC(=O)NCc2noc(-c3c(F)cccc3F)n2)cs1. The average molecular weight is 350 g/mol. The average Bonchev–Trinajstić information content (AvgIpc) is 3.14. The Balaban J connectivity index is 1.63. The van der Waals surface area contributed by atoms with Gasteiger partial charge in [0.2, 0.25) is 5.91 Å². The summed E-state index contributed by atoms with van der Waals surface area (Å²) in [5.41, 5.74) is 0.290. The normalized spacial score (nSPS) is 10.8. The van der Waals surface area contributed by atoms with Gasteiger partial charge in [-0.05, 0) is 19.1 Å². The fourth-order valence-electron chi connectivity index (χ4n) is 2.02. The van der Waals surface area contributed by atoms with Crippen LogP contribution < -0.4 is 5.32 Å². The molecular weight excluding hydrogens is 338 g/mol. The highest BCUT2D eigenvalue weighted by molar-refractivity contribution is 7.09. The smallest absolute Gasteiger partial charge is 0.263 e. The lowest BCUT2D eigenvalue weighted by molar-refractivity contribution is -0.120. The van der Waals surface area contributed by atoms with Crippen molar-refractivity contribution in [2.24, 2.45) is 0 Å². The first-order valence-corrected chi connectivity index (χ1v) is 7.85. The molecule has 0 unspecified atom stereocenters. The number of carbonyl (C=O) groups is 1. The second-order valence-electron chi connectivity index (χ2n) is 4.92. The zero-order valence-corrected chi connectivity index (χ0v) is 13.4. The number of amides is 1. The highest BCUT2D eigenvalue weighted by atomic mass is 32.1. The van der Waals surface area contributed by atoms with Gasteiger partial charge in [-0.2, -0.15) is 4.98 Å². The van der Waals surface area contributed by atoms with E-state index in [9.17, 15) is 13.6 Å². The van der Waals surface area contributed by atoms with Crippen LogP contribution in [-0.2, 0) is 17.8 Å². The molecule has 0 aliphatic rings. The molecule has 0 spiro atoms. The standard InChI is InChI=1S/C15H12F2N4O2S/c1-8-19-9(7-24-8)5-13(22)18-6-12-20-15(23-21-12)14-10(16)3-2-4-11(14)17/h2-4,7H,5-6H2,1H3,(H,18,22). The van der Waals surface area contributed by atoms with Crippen LogP contribution in [0.3, 0.4) is 0 Å². The number of nitrogens with zero attached hydrogens (tertiary/aromatic N) is 3. The molecule has 0 fully saturated rings. The number of nitrogens with one attached hydrogen (secondary N) is 1. The Bertz CT molecular complexity index is 858. The van der Waals surface area contributed by atoms with Gasteiger partial charge in [0, 0.05) is 5.38 Å². The zero-order chi connectivity index (χ0) is 17.1. The molecule has 6 nitrogen and oxygen atoms in total. The molecule has 1 amide bonds. The van der Waals surface area contributed by atoms with Gasteiger partial charge in [-0.25, -0.2) is 13.8 Å². The molecule has 1 aromatic carbocycles.